The summed E-state index contributed by atoms with van der Waals surface area (Å²) in [7, 11) is 0. The molecule has 6 nitrogen and oxygen atoms in total. The molecule has 0 amide bonds. The standard InChI is InChI=1S/C55H96O6/c1-4-7-10-13-16-19-22-25-26-27-28-29-30-31-34-36-39-42-45-48-54(57)60-51-52(61-55(58)49-46-43-40-37-33-24-21-18-15-12-9-6-3)50-59-53(56)47-44-41-38-35-32-23-20-17-14-11-8-5-2/h7,10,16,18-19,21,25-26,28-29,52H,4-6,8-9,11-15,17,20,22-24,27,30-51H2,1-3H3/b10-7-,19-16-,21-18-,26-25-,29-28-. The smallest absolute Gasteiger partial charge is 0.306 e. The second kappa shape index (κ2) is 49.8. The van der Waals surface area contributed by atoms with Crippen molar-refractivity contribution in [2.75, 3.05) is 13.2 Å². The third-order valence-electron chi connectivity index (χ3n) is 11.0. The molecule has 0 aromatic rings. The van der Waals surface area contributed by atoms with E-state index in [4.69, 9.17) is 14.2 Å². The zero-order valence-corrected chi connectivity index (χ0v) is 40.2. The summed E-state index contributed by atoms with van der Waals surface area (Å²) in [5.41, 5.74) is 0. The Morgan fingerprint density at radius 3 is 1.05 bits per heavy atom. The van der Waals surface area contributed by atoms with E-state index in [2.05, 4.69) is 81.5 Å². The van der Waals surface area contributed by atoms with E-state index in [9.17, 15) is 14.4 Å². The zero-order chi connectivity index (χ0) is 44.4. The van der Waals surface area contributed by atoms with Crippen molar-refractivity contribution in [3.8, 4) is 0 Å². The normalized spacial score (nSPS) is 12.5. The first-order chi connectivity index (χ1) is 30.0. The number of carbonyl (C=O) groups excluding carboxylic acids is 3. The topological polar surface area (TPSA) is 78.9 Å². The molecule has 0 aromatic carbocycles. The minimum absolute atomic E-state index is 0.0804. The maximum atomic E-state index is 12.8. The number of unbranched alkanes of at least 4 members (excludes halogenated alkanes) is 25. The highest BCUT2D eigenvalue weighted by Gasteiger charge is 2.19. The van der Waals surface area contributed by atoms with E-state index in [0.717, 1.165) is 103 Å². The van der Waals surface area contributed by atoms with Gasteiger partial charge in [0.15, 0.2) is 6.10 Å². The first-order valence-corrected chi connectivity index (χ1v) is 25.8. The molecule has 0 radical (unpaired) electrons. The fraction of sp³-hybridized carbons (Fsp3) is 0.764. The molecular weight excluding hydrogens is 757 g/mol. The summed E-state index contributed by atoms with van der Waals surface area (Å²) >= 11 is 0. The van der Waals surface area contributed by atoms with Gasteiger partial charge in [0.1, 0.15) is 13.2 Å². The van der Waals surface area contributed by atoms with E-state index in [0.29, 0.717) is 19.3 Å². The van der Waals surface area contributed by atoms with E-state index in [-0.39, 0.29) is 31.1 Å². The molecule has 0 aliphatic rings. The van der Waals surface area contributed by atoms with Crippen LogP contribution in [0.2, 0.25) is 0 Å². The number of rotatable bonds is 46. The van der Waals surface area contributed by atoms with Crippen molar-refractivity contribution in [3.63, 3.8) is 0 Å². The number of allylic oxidation sites excluding steroid dienone is 10. The van der Waals surface area contributed by atoms with Crippen LogP contribution in [0, 0.1) is 0 Å². The lowest BCUT2D eigenvalue weighted by atomic mass is 10.0. The van der Waals surface area contributed by atoms with Crippen LogP contribution >= 0.6 is 0 Å². The van der Waals surface area contributed by atoms with Gasteiger partial charge in [0.25, 0.3) is 0 Å². The molecule has 0 saturated carbocycles. The highest BCUT2D eigenvalue weighted by molar-refractivity contribution is 5.71. The van der Waals surface area contributed by atoms with Crippen LogP contribution in [-0.4, -0.2) is 37.2 Å². The van der Waals surface area contributed by atoms with Crippen molar-refractivity contribution in [2.24, 2.45) is 0 Å². The Balaban J connectivity index is 4.36. The van der Waals surface area contributed by atoms with E-state index >= 15 is 0 Å². The second-order valence-corrected chi connectivity index (χ2v) is 17.1. The fourth-order valence-corrected chi connectivity index (χ4v) is 7.13. The van der Waals surface area contributed by atoms with Crippen molar-refractivity contribution >= 4 is 17.9 Å². The number of hydrogen-bond acceptors (Lipinski definition) is 6. The van der Waals surface area contributed by atoms with Crippen LogP contribution in [0.15, 0.2) is 60.8 Å². The van der Waals surface area contributed by atoms with Gasteiger partial charge in [-0.2, -0.15) is 0 Å². The predicted molar refractivity (Wildman–Crippen MR) is 261 cm³/mol. The van der Waals surface area contributed by atoms with E-state index in [1.807, 2.05) is 0 Å². The van der Waals surface area contributed by atoms with Crippen LogP contribution < -0.4 is 0 Å². The fourth-order valence-electron chi connectivity index (χ4n) is 7.13. The molecular formula is C55H96O6. The van der Waals surface area contributed by atoms with Gasteiger partial charge in [0.05, 0.1) is 0 Å². The third kappa shape index (κ3) is 48.0. The van der Waals surface area contributed by atoms with Crippen molar-refractivity contribution in [1.82, 2.24) is 0 Å². The molecule has 1 atom stereocenters. The molecule has 0 rings (SSSR count). The number of hydrogen-bond donors (Lipinski definition) is 0. The largest absolute Gasteiger partial charge is 0.462 e. The average Bonchev–Trinajstić information content (AvgIpc) is 3.26. The van der Waals surface area contributed by atoms with Crippen LogP contribution in [0.1, 0.15) is 252 Å². The van der Waals surface area contributed by atoms with Gasteiger partial charge in [-0.15, -0.1) is 0 Å². The molecule has 0 N–H and O–H groups in total. The lowest BCUT2D eigenvalue weighted by Gasteiger charge is -2.18. The van der Waals surface area contributed by atoms with Crippen molar-refractivity contribution in [2.45, 2.75) is 258 Å². The maximum Gasteiger partial charge on any atom is 0.306 e. The van der Waals surface area contributed by atoms with Gasteiger partial charge >= 0.3 is 17.9 Å². The van der Waals surface area contributed by atoms with Gasteiger partial charge < -0.3 is 14.2 Å². The minimum Gasteiger partial charge on any atom is -0.462 e. The average molecular weight is 853 g/mol. The van der Waals surface area contributed by atoms with Gasteiger partial charge in [-0.25, -0.2) is 0 Å². The van der Waals surface area contributed by atoms with E-state index < -0.39 is 6.10 Å². The summed E-state index contributed by atoms with van der Waals surface area (Å²) < 4.78 is 16.8. The number of ether oxygens (including phenoxy) is 3. The molecule has 6 heteroatoms. The third-order valence-corrected chi connectivity index (χ3v) is 11.0. The summed E-state index contributed by atoms with van der Waals surface area (Å²) in [6.45, 7) is 6.48. The monoisotopic (exact) mass is 853 g/mol. The molecule has 0 spiro atoms. The molecule has 0 aliphatic heterocycles. The van der Waals surface area contributed by atoms with Gasteiger partial charge in [-0.3, -0.25) is 14.4 Å². The van der Waals surface area contributed by atoms with Crippen molar-refractivity contribution < 1.29 is 28.6 Å². The molecule has 0 aromatic heterocycles. The summed E-state index contributed by atoms with van der Waals surface area (Å²) in [5.74, 6) is -0.900. The Kier molecular flexibility index (Phi) is 47.4. The quantitative estimate of drug-likeness (QED) is 0.0263. The Hall–Kier alpha value is -2.89. The van der Waals surface area contributed by atoms with Crippen molar-refractivity contribution in [1.29, 1.82) is 0 Å². The summed E-state index contributed by atoms with van der Waals surface area (Å²) in [6.07, 6.45) is 60.6. The molecule has 0 fully saturated rings. The van der Waals surface area contributed by atoms with E-state index in [1.54, 1.807) is 0 Å². The Labute approximate surface area is 377 Å². The first-order valence-electron chi connectivity index (χ1n) is 25.8. The summed E-state index contributed by atoms with van der Waals surface area (Å²) in [5, 5.41) is 0. The summed E-state index contributed by atoms with van der Waals surface area (Å²) in [4.78, 5) is 37.9. The lowest BCUT2D eigenvalue weighted by Crippen LogP contribution is -2.30. The molecule has 0 heterocycles. The minimum atomic E-state index is -0.781. The van der Waals surface area contributed by atoms with Crippen LogP contribution in [0.4, 0.5) is 0 Å². The van der Waals surface area contributed by atoms with Gasteiger partial charge in [-0.1, -0.05) is 210 Å². The molecule has 0 saturated heterocycles. The number of carbonyl (C=O) groups is 3. The lowest BCUT2D eigenvalue weighted by molar-refractivity contribution is -0.167. The second-order valence-electron chi connectivity index (χ2n) is 17.1. The molecule has 0 bridgehead atoms. The Morgan fingerprint density at radius 2 is 0.639 bits per heavy atom. The zero-order valence-electron chi connectivity index (χ0n) is 40.2. The van der Waals surface area contributed by atoms with Crippen LogP contribution in [-0.2, 0) is 28.6 Å². The molecule has 61 heavy (non-hydrogen) atoms. The molecule has 352 valence electrons. The molecule has 1 unspecified atom stereocenters. The highest BCUT2D eigenvalue weighted by Crippen LogP contribution is 2.15. The highest BCUT2D eigenvalue weighted by atomic mass is 16.6. The van der Waals surface area contributed by atoms with Crippen LogP contribution in [0.3, 0.4) is 0 Å². The molecule has 0 aliphatic carbocycles. The first kappa shape index (κ1) is 58.1. The Bertz CT molecular complexity index is 1120. The SMILES string of the molecule is CC/C=C\C/C=C\C/C=C\C/C=C\CCCCCCCCC(=O)OCC(COC(=O)CCCCCCCCCCCCCC)OC(=O)CCCCCCC/C=C\CCCCC. The van der Waals surface area contributed by atoms with E-state index in [1.165, 1.54) is 109 Å². The van der Waals surface area contributed by atoms with Gasteiger partial charge in [-0.05, 0) is 83.5 Å². The number of esters is 3. The predicted octanol–water partition coefficient (Wildman–Crippen LogP) is 16.9. The van der Waals surface area contributed by atoms with Gasteiger partial charge in [0, 0.05) is 19.3 Å². The Morgan fingerprint density at radius 1 is 0.344 bits per heavy atom. The summed E-state index contributed by atoms with van der Waals surface area (Å²) in [6, 6.07) is 0. The van der Waals surface area contributed by atoms with Gasteiger partial charge in [0.2, 0.25) is 0 Å². The van der Waals surface area contributed by atoms with Crippen molar-refractivity contribution in [3.05, 3.63) is 60.8 Å². The van der Waals surface area contributed by atoms with Crippen LogP contribution in [0.5, 0.6) is 0 Å². The van der Waals surface area contributed by atoms with Crippen LogP contribution in [0.25, 0.3) is 0 Å². The maximum absolute atomic E-state index is 12.8.